The summed E-state index contributed by atoms with van der Waals surface area (Å²) in [6.45, 7) is 4.05. The summed E-state index contributed by atoms with van der Waals surface area (Å²) >= 11 is 6.11. The first kappa shape index (κ1) is 14.6. The Labute approximate surface area is 123 Å². The average Bonchev–Trinajstić information content (AvgIpc) is 2.43. The third-order valence-electron chi connectivity index (χ3n) is 2.84. The van der Waals surface area contributed by atoms with E-state index in [0.717, 1.165) is 34.9 Å². The number of aromatic nitrogens is 2. The van der Waals surface area contributed by atoms with Crippen molar-refractivity contribution in [3.63, 3.8) is 0 Å². The van der Waals surface area contributed by atoms with Crippen LogP contribution < -0.4 is 16.6 Å². The maximum atomic E-state index is 6.11. The second-order valence-electron chi connectivity index (χ2n) is 4.54. The van der Waals surface area contributed by atoms with Gasteiger partial charge in [-0.1, -0.05) is 24.6 Å². The quantitative estimate of drug-likeness (QED) is 0.581. The van der Waals surface area contributed by atoms with Crippen molar-refractivity contribution >= 4 is 28.9 Å². The molecule has 4 N–H and O–H groups in total. The minimum absolute atomic E-state index is 0.587. The fourth-order valence-corrected chi connectivity index (χ4v) is 1.97. The van der Waals surface area contributed by atoms with Gasteiger partial charge in [0.1, 0.15) is 17.5 Å². The third-order valence-corrected chi connectivity index (χ3v) is 3.25. The van der Waals surface area contributed by atoms with Gasteiger partial charge in [0.05, 0.1) is 0 Å². The van der Waals surface area contributed by atoms with Crippen LogP contribution in [0.2, 0.25) is 5.02 Å². The number of aryl methyl sites for hydroxylation is 2. The van der Waals surface area contributed by atoms with Crippen LogP contribution in [0.1, 0.15) is 24.7 Å². The van der Waals surface area contributed by atoms with Crippen LogP contribution in [0.15, 0.2) is 24.3 Å². The average molecular weight is 292 g/mol. The second-order valence-corrected chi connectivity index (χ2v) is 4.95. The topological polar surface area (TPSA) is 75.9 Å². The van der Waals surface area contributed by atoms with Gasteiger partial charge >= 0.3 is 0 Å². The van der Waals surface area contributed by atoms with Crippen LogP contribution in [0.3, 0.4) is 0 Å². The van der Waals surface area contributed by atoms with Crippen LogP contribution in [-0.4, -0.2) is 9.97 Å². The van der Waals surface area contributed by atoms with Crippen LogP contribution in [-0.2, 0) is 6.42 Å². The van der Waals surface area contributed by atoms with E-state index < -0.39 is 0 Å². The Kier molecular flexibility index (Phi) is 4.76. The Morgan fingerprint density at radius 3 is 2.60 bits per heavy atom. The summed E-state index contributed by atoms with van der Waals surface area (Å²) in [5.41, 5.74) is 4.47. The molecule has 0 bridgehead atoms. The molecule has 5 nitrogen and oxygen atoms in total. The van der Waals surface area contributed by atoms with E-state index in [1.807, 2.05) is 25.1 Å². The van der Waals surface area contributed by atoms with E-state index in [2.05, 4.69) is 27.6 Å². The predicted molar refractivity (Wildman–Crippen MR) is 83.3 cm³/mol. The largest absolute Gasteiger partial charge is 0.340 e. The molecule has 0 aliphatic heterocycles. The summed E-state index contributed by atoms with van der Waals surface area (Å²) in [6.07, 6.45) is 1.78. The van der Waals surface area contributed by atoms with Gasteiger partial charge in [-0.15, -0.1) is 0 Å². The van der Waals surface area contributed by atoms with E-state index in [-0.39, 0.29) is 0 Å². The van der Waals surface area contributed by atoms with Gasteiger partial charge in [-0.2, -0.15) is 0 Å². The molecule has 1 aromatic carbocycles. The fraction of sp³-hybridized carbons (Fsp3) is 0.286. The zero-order valence-electron chi connectivity index (χ0n) is 11.6. The van der Waals surface area contributed by atoms with Crippen molar-refractivity contribution in [2.45, 2.75) is 26.7 Å². The van der Waals surface area contributed by atoms with Crippen molar-refractivity contribution in [2.24, 2.45) is 5.84 Å². The Morgan fingerprint density at radius 1 is 1.20 bits per heavy atom. The standard InChI is InChI=1S/C14H18ClN5/c1-3-4-12-18-13(8-14(19-12)20-16)17-10-6-5-9(2)11(15)7-10/h5-8H,3-4,16H2,1-2H3,(H2,17,18,19,20). The van der Waals surface area contributed by atoms with Crippen molar-refractivity contribution in [1.29, 1.82) is 0 Å². The molecule has 0 aliphatic rings. The number of benzene rings is 1. The molecule has 0 atom stereocenters. The van der Waals surface area contributed by atoms with Crippen molar-refractivity contribution in [3.05, 3.63) is 40.7 Å². The van der Waals surface area contributed by atoms with Crippen LogP contribution in [0.4, 0.5) is 17.3 Å². The minimum Gasteiger partial charge on any atom is -0.340 e. The molecule has 2 rings (SSSR count). The van der Waals surface area contributed by atoms with E-state index in [4.69, 9.17) is 17.4 Å². The van der Waals surface area contributed by atoms with E-state index in [1.54, 1.807) is 6.07 Å². The summed E-state index contributed by atoms with van der Waals surface area (Å²) in [5.74, 6) is 7.46. The first-order chi connectivity index (χ1) is 9.62. The Morgan fingerprint density at radius 2 is 1.95 bits per heavy atom. The predicted octanol–water partition coefficient (Wildman–Crippen LogP) is 3.42. The van der Waals surface area contributed by atoms with Gasteiger partial charge in [0.15, 0.2) is 0 Å². The van der Waals surface area contributed by atoms with Gasteiger partial charge in [-0.05, 0) is 31.0 Å². The highest BCUT2D eigenvalue weighted by Crippen LogP contribution is 2.23. The number of hydrogen-bond donors (Lipinski definition) is 3. The molecule has 0 amide bonds. The monoisotopic (exact) mass is 291 g/mol. The SMILES string of the molecule is CCCc1nc(NN)cc(Nc2ccc(C)c(Cl)c2)n1. The zero-order valence-corrected chi connectivity index (χ0v) is 12.3. The van der Waals surface area contributed by atoms with Crippen molar-refractivity contribution in [1.82, 2.24) is 9.97 Å². The molecule has 20 heavy (non-hydrogen) atoms. The highest BCUT2D eigenvalue weighted by molar-refractivity contribution is 6.31. The summed E-state index contributed by atoms with van der Waals surface area (Å²) in [4.78, 5) is 8.76. The van der Waals surface area contributed by atoms with Gasteiger partial charge in [-0.3, -0.25) is 0 Å². The summed E-state index contributed by atoms with van der Waals surface area (Å²) in [6, 6.07) is 7.54. The summed E-state index contributed by atoms with van der Waals surface area (Å²) < 4.78 is 0. The molecule has 0 saturated heterocycles. The number of nitrogens with one attached hydrogen (secondary N) is 2. The maximum Gasteiger partial charge on any atom is 0.145 e. The van der Waals surface area contributed by atoms with E-state index >= 15 is 0 Å². The van der Waals surface area contributed by atoms with Crippen LogP contribution in [0.25, 0.3) is 0 Å². The number of rotatable bonds is 5. The van der Waals surface area contributed by atoms with Crippen molar-refractivity contribution in [2.75, 3.05) is 10.7 Å². The maximum absolute atomic E-state index is 6.11. The lowest BCUT2D eigenvalue weighted by Crippen LogP contribution is -2.11. The summed E-state index contributed by atoms with van der Waals surface area (Å²) in [7, 11) is 0. The van der Waals surface area contributed by atoms with Crippen LogP contribution in [0, 0.1) is 6.92 Å². The van der Waals surface area contributed by atoms with Crippen molar-refractivity contribution < 1.29 is 0 Å². The molecule has 0 spiro atoms. The zero-order chi connectivity index (χ0) is 14.5. The van der Waals surface area contributed by atoms with Crippen LogP contribution >= 0.6 is 11.6 Å². The Hall–Kier alpha value is -1.85. The number of hydrazine groups is 1. The molecule has 0 fully saturated rings. The molecule has 2 aromatic rings. The molecule has 0 aliphatic carbocycles. The molecular formula is C14H18ClN5. The molecule has 106 valence electrons. The number of anilines is 3. The molecule has 1 heterocycles. The first-order valence-corrected chi connectivity index (χ1v) is 6.88. The molecule has 6 heteroatoms. The minimum atomic E-state index is 0.587. The van der Waals surface area contributed by atoms with E-state index in [0.29, 0.717) is 11.6 Å². The Bertz CT molecular complexity index is 600. The molecule has 0 unspecified atom stereocenters. The lowest BCUT2D eigenvalue weighted by atomic mass is 10.2. The molecule has 0 saturated carbocycles. The molecule has 1 aromatic heterocycles. The lowest BCUT2D eigenvalue weighted by molar-refractivity contribution is 0.837. The number of halogens is 1. The van der Waals surface area contributed by atoms with Gasteiger partial charge in [0, 0.05) is 23.2 Å². The normalized spacial score (nSPS) is 10.4. The number of hydrogen-bond acceptors (Lipinski definition) is 5. The third kappa shape index (κ3) is 3.59. The van der Waals surface area contributed by atoms with E-state index in [1.165, 1.54) is 0 Å². The van der Waals surface area contributed by atoms with Gasteiger partial charge < -0.3 is 10.7 Å². The van der Waals surface area contributed by atoms with Gasteiger partial charge in [0.25, 0.3) is 0 Å². The Balaban J connectivity index is 2.27. The van der Waals surface area contributed by atoms with E-state index in [9.17, 15) is 0 Å². The summed E-state index contributed by atoms with van der Waals surface area (Å²) in [5, 5.41) is 3.93. The highest BCUT2D eigenvalue weighted by atomic mass is 35.5. The smallest absolute Gasteiger partial charge is 0.145 e. The van der Waals surface area contributed by atoms with Crippen LogP contribution in [0.5, 0.6) is 0 Å². The number of nitrogens with two attached hydrogens (primary N) is 1. The van der Waals surface area contributed by atoms with Gasteiger partial charge in [0.2, 0.25) is 0 Å². The van der Waals surface area contributed by atoms with Crippen molar-refractivity contribution in [3.8, 4) is 0 Å². The highest BCUT2D eigenvalue weighted by Gasteiger charge is 2.05. The lowest BCUT2D eigenvalue weighted by Gasteiger charge is -2.10. The second kappa shape index (κ2) is 6.54. The number of nitrogen functional groups attached to an aromatic ring is 1. The molecule has 0 radical (unpaired) electrons. The number of nitrogens with zero attached hydrogens (tertiary/aromatic N) is 2. The first-order valence-electron chi connectivity index (χ1n) is 6.50. The van der Waals surface area contributed by atoms with Gasteiger partial charge in [-0.25, -0.2) is 15.8 Å². The fourth-order valence-electron chi connectivity index (χ4n) is 1.79. The molecular weight excluding hydrogens is 274 g/mol.